The van der Waals surface area contributed by atoms with Gasteiger partial charge in [-0.05, 0) is 37.3 Å². The maximum atomic E-state index is 5.63. The fourth-order valence-corrected chi connectivity index (χ4v) is 3.74. The van der Waals surface area contributed by atoms with Crippen molar-refractivity contribution in [3.8, 4) is 0 Å². The standard InChI is InChI=1S/C18H24N4S/c1-2-20-18-21-16(12-17(22-18)23-11-10-19)15-9-8-14(15)13-6-4-3-5-7-13/h3-7,12,14-15H,2,8-11,19H2,1H3,(H,20,21,22)/t14-,15-/m0/s1. The number of nitrogens with zero attached hydrogens (tertiary/aromatic N) is 2. The molecule has 5 heteroatoms. The van der Waals surface area contributed by atoms with E-state index in [2.05, 4.69) is 53.6 Å². The first-order valence-electron chi connectivity index (χ1n) is 8.32. The molecule has 1 heterocycles. The van der Waals surface area contributed by atoms with Crippen LogP contribution in [0.3, 0.4) is 0 Å². The van der Waals surface area contributed by atoms with E-state index in [-0.39, 0.29) is 0 Å². The van der Waals surface area contributed by atoms with Gasteiger partial charge in [0.05, 0.1) is 5.69 Å². The molecule has 23 heavy (non-hydrogen) atoms. The number of hydrogen-bond acceptors (Lipinski definition) is 5. The summed E-state index contributed by atoms with van der Waals surface area (Å²) in [6.07, 6.45) is 2.43. The van der Waals surface area contributed by atoms with Crippen molar-refractivity contribution in [1.29, 1.82) is 0 Å². The molecule has 0 amide bonds. The molecule has 1 aliphatic carbocycles. The lowest BCUT2D eigenvalue weighted by Gasteiger charge is -2.37. The summed E-state index contributed by atoms with van der Waals surface area (Å²) in [6.45, 7) is 3.56. The second-order valence-electron chi connectivity index (χ2n) is 5.82. The molecule has 0 unspecified atom stereocenters. The quantitative estimate of drug-likeness (QED) is 0.600. The Labute approximate surface area is 142 Å². The van der Waals surface area contributed by atoms with Crippen molar-refractivity contribution in [1.82, 2.24) is 9.97 Å². The Morgan fingerprint density at radius 2 is 1.96 bits per heavy atom. The lowest BCUT2D eigenvalue weighted by molar-refractivity contribution is 0.339. The first-order chi connectivity index (χ1) is 11.3. The maximum Gasteiger partial charge on any atom is 0.223 e. The van der Waals surface area contributed by atoms with Crippen LogP contribution < -0.4 is 11.1 Å². The summed E-state index contributed by atoms with van der Waals surface area (Å²) in [5, 5.41) is 4.28. The fourth-order valence-electron chi connectivity index (χ4n) is 3.06. The summed E-state index contributed by atoms with van der Waals surface area (Å²) in [5.74, 6) is 2.70. The number of anilines is 1. The van der Waals surface area contributed by atoms with Gasteiger partial charge in [0, 0.05) is 24.8 Å². The van der Waals surface area contributed by atoms with Gasteiger partial charge in [-0.1, -0.05) is 30.3 Å². The van der Waals surface area contributed by atoms with Crippen LogP contribution in [0.2, 0.25) is 0 Å². The smallest absolute Gasteiger partial charge is 0.223 e. The third kappa shape index (κ3) is 3.85. The van der Waals surface area contributed by atoms with E-state index in [1.807, 2.05) is 0 Å². The van der Waals surface area contributed by atoms with Crippen LogP contribution in [0.25, 0.3) is 0 Å². The molecule has 2 atom stereocenters. The van der Waals surface area contributed by atoms with E-state index in [1.165, 1.54) is 18.4 Å². The second-order valence-corrected chi connectivity index (χ2v) is 6.94. The summed E-state index contributed by atoms with van der Waals surface area (Å²) < 4.78 is 0. The summed E-state index contributed by atoms with van der Waals surface area (Å²) in [6, 6.07) is 12.9. The zero-order valence-corrected chi connectivity index (χ0v) is 14.4. The van der Waals surface area contributed by atoms with Gasteiger partial charge in [0.2, 0.25) is 5.95 Å². The molecule has 1 aliphatic rings. The number of nitrogens with two attached hydrogens (primary N) is 1. The summed E-state index contributed by atoms with van der Waals surface area (Å²) in [4.78, 5) is 9.35. The highest BCUT2D eigenvalue weighted by atomic mass is 32.2. The van der Waals surface area contributed by atoms with Crippen LogP contribution in [-0.2, 0) is 0 Å². The molecule has 122 valence electrons. The Bertz CT molecular complexity index is 632. The Morgan fingerprint density at radius 1 is 1.17 bits per heavy atom. The SMILES string of the molecule is CCNc1nc(SCCN)cc([C@H]2CC[C@H]2c2ccccc2)n1. The van der Waals surface area contributed by atoms with Crippen molar-refractivity contribution in [3.05, 3.63) is 47.7 Å². The largest absolute Gasteiger partial charge is 0.354 e. The van der Waals surface area contributed by atoms with Crippen molar-refractivity contribution in [2.45, 2.75) is 36.6 Å². The summed E-state index contributed by atoms with van der Waals surface area (Å²) >= 11 is 1.71. The van der Waals surface area contributed by atoms with Crippen LogP contribution in [0.5, 0.6) is 0 Å². The molecule has 1 aromatic carbocycles. The summed E-state index contributed by atoms with van der Waals surface area (Å²) in [7, 11) is 0. The Morgan fingerprint density at radius 3 is 2.61 bits per heavy atom. The van der Waals surface area contributed by atoms with E-state index in [4.69, 9.17) is 10.7 Å². The van der Waals surface area contributed by atoms with Gasteiger partial charge >= 0.3 is 0 Å². The predicted molar refractivity (Wildman–Crippen MR) is 97.1 cm³/mol. The van der Waals surface area contributed by atoms with Crippen LogP contribution in [0.1, 0.15) is 42.9 Å². The van der Waals surface area contributed by atoms with E-state index in [0.29, 0.717) is 18.4 Å². The predicted octanol–water partition coefficient (Wildman–Crippen LogP) is 3.62. The van der Waals surface area contributed by atoms with Gasteiger partial charge in [-0.3, -0.25) is 0 Å². The highest BCUT2D eigenvalue weighted by molar-refractivity contribution is 7.99. The highest BCUT2D eigenvalue weighted by Crippen LogP contribution is 2.48. The minimum absolute atomic E-state index is 0.495. The average Bonchev–Trinajstić information content (AvgIpc) is 2.53. The van der Waals surface area contributed by atoms with Gasteiger partial charge in [0.25, 0.3) is 0 Å². The molecule has 1 aromatic heterocycles. The third-order valence-electron chi connectivity index (χ3n) is 4.31. The van der Waals surface area contributed by atoms with Gasteiger partial charge in [-0.25, -0.2) is 9.97 Å². The van der Waals surface area contributed by atoms with Gasteiger partial charge in [0.1, 0.15) is 5.03 Å². The van der Waals surface area contributed by atoms with Gasteiger partial charge in [-0.15, -0.1) is 11.8 Å². The molecule has 1 fully saturated rings. The molecule has 0 bridgehead atoms. The second kappa shape index (κ2) is 7.79. The zero-order chi connectivity index (χ0) is 16.1. The molecule has 0 spiro atoms. The fraction of sp³-hybridized carbons (Fsp3) is 0.444. The van der Waals surface area contributed by atoms with Crippen LogP contribution in [0, 0.1) is 0 Å². The molecule has 3 rings (SSSR count). The minimum Gasteiger partial charge on any atom is -0.354 e. The number of nitrogens with one attached hydrogen (secondary N) is 1. The summed E-state index contributed by atoms with van der Waals surface area (Å²) in [5.41, 5.74) is 8.21. The van der Waals surface area contributed by atoms with Crippen molar-refractivity contribution < 1.29 is 0 Å². The number of thioether (sulfide) groups is 1. The lowest BCUT2D eigenvalue weighted by Crippen LogP contribution is -2.23. The van der Waals surface area contributed by atoms with E-state index < -0.39 is 0 Å². The van der Waals surface area contributed by atoms with Crippen LogP contribution >= 0.6 is 11.8 Å². The molecular formula is C18H24N4S. The van der Waals surface area contributed by atoms with Gasteiger partial charge < -0.3 is 11.1 Å². The first kappa shape index (κ1) is 16.3. The van der Waals surface area contributed by atoms with E-state index in [1.54, 1.807) is 11.8 Å². The molecule has 3 N–H and O–H groups in total. The van der Waals surface area contributed by atoms with Crippen molar-refractivity contribution >= 4 is 17.7 Å². The Balaban J connectivity index is 1.84. The van der Waals surface area contributed by atoms with Gasteiger partial charge in [0.15, 0.2) is 0 Å². The third-order valence-corrected chi connectivity index (χ3v) is 5.25. The highest BCUT2D eigenvalue weighted by Gasteiger charge is 2.34. The van der Waals surface area contributed by atoms with E-state index in [9.17, 15) is 0 Å². The first-order valence-corrected chi connectivity index (χ1v) is 9.31. The molecule has 0 saturated heterocycles. The number of rotatable bonds is 7. The molecular weight excluding hydrogens is 304 g/mol. The zero-order valence-electron chi connectivity index (χ0n) is 13.5. The Kier molecular flexibility index (Phi) is 5.51. The Hall–Kier alpha value is -1.59. The van der Waals surface area contributed by atoms with Crippen molar-refractivity contribution in [3.63, 3.8) is 0 Å². The van der Waals surface area contributed by atoms with Crippen molar-refractivity contribution in [2.24, 2.45) is 5.73 Å². The van der Waals surface area contributed by atoms with E-state index in [0.717, 1.165) is 29.0 Å². The molecule has 2 aromatic rings. The topological polar surface area (TPSA) is 63.8 Å². The monoisotopic (exact) mass is 328 g/mol. The number of hydrogen-bond donors (Lipinski definition) is 2. The number of benzene rings is 1. The average molecular weight is 328 g/mol. The molecule has 0 radical (unpaired) electrons. The van der Waals surface area contributed by atoms with E-state index >= 15 is 0 Å². The van der Waals surface area contributed by atoms with Gasteiger partial charge in [-0.2, -0.15) is 0 Å². The van der Waals surface area contributed by atoms with Crippen LogP contribution in [0.15, 0.2) is 41.4 Å². The van der Waals surface area contributed by atoms with Crippen LogP contribution in [0.4, 0.5) is 5.95 Å². The molecule has 1 saturated carbocycles. The minimum atomic E-state index is 0.495. The maximum absolute atomic E-state index is 5.63. The van der Waals surface area contributed by atoms with Crippen molar-refractivity contribution in [2.75, 3.05) is 24.2 Å². The molecule has 4 nitrogen and oxygen atoms in total. The lowest BCUT2D eigenvalue weighted by atomic mass is 9.68. The van der Waals surface area contributed by atoms with Crippen LogP contribution in [-0.4, -0.2) is 28.8 Å². The molecule has 0 aliphatic heterocycles. The normalized spacial score (nSPS) is 20.1. The number of aromatic nitrogens is 2.